The van der Waals surface area contributed by atoms with E-state index in [-0.39, 0.29) is 0 Å². The fraction of sp³-hybridized carbons (Fsp3) is 0.455. The molecule has 0 atom stereocenters. The van der Waals surface area contributed by atoms with E-state index in [4.69, 9.17) is 5.73 Å². The molecule has 1 aromatic carbocycles. The molecule has 0 aromatic heterocycles. The SMILES string of the molecule is Nc1ccccc1SCC1CCC1. The Bertz CT molecular complexity index is 281. The third kappa shape index (κ3) is 2.19. The second kappa shape index (κ2) is 4.05. The second-order valence-electron chi connectivity index (χ2n) is 3.65. The average Bonchev–Trinajstić information content (AvgIpc) is 2.05. The van der Waals surface area contributed by atoms with Crippen LogP contribution in [0.2, 0.25) is 0 Å². The molecule has 2 rings (SSSR count). The van der Waals surface area contributed by atoms with Crippen LogP contribution in [0.25, 0.3) is 0 Å². The zero-order valence-corrected chi connectivity index (χ0v) is 8.52. The summed E-state index contributed by atoms with van der Waals surface area (Å²) in [4.78, 5) is 1.24. The van der Waals surface area contributed by atoms with Gasteiger partial charge in [-0.3, -0.25) is 0 Å². The van der Waals surface area contributed by atoms with Gasteiger partial charge in [0.25, 0.3) is 0 Å². The van der Waals surface area contributed by atoms with Crippen molar-refractivity contribution in [3.05, 3.63) is 24.3 Å². The van der Waals surface area contributed by atoms with E-state index in [0.29, 0.717) is 0 Å². The van der Waals surface area contributed by atoms with Gasteiger partial charge in [-0.1, -0.05) is 18.6 Å². The van der Waals surface area contributed by atoms with Crippen molar-refractivity contribution in [2.75, 3.05) is 11.5 Å². The van der Waals surface area contributed by atoms with E-state index in [1.165, 1.54) is 29.9 Å². The van der Waals surface area contributed by atoms with E-state index < -0.39 is 0 Å². The molecule has 1 aliphatic rings. The van der Waals surface area contributed by atoms with E-state index in [2.05, 4.69) is 12.1 Å². The first-order valence-electron chi connectivity index (χ1n) is 4.83. The molecule has 0 spiro atoms. The molecule has 2 N–H and O–H groups in total. The molecular weight excluding hydrogens is 178 g/mol. The fourth-order valence-corrected chi connectivity index (χ4v) is 2.64. The van der Waals surface area contributed by atoms with Crippen LogP contribution >= 0.6 is 11.8 Å². The number of benzene rings is 1. The Labute approximate surface area is 83.7 Å². The molecule has 0 bridgehead atoms. The van der Waals surface area contributed by atoms with Crippen molar-refractivity contribution in [1.29, 1.82) is 0 Å². The molecule has 1 nitrogen and oxygen atoms in total. The molecule has 0 heterocycles. The highest BCUT2D eigenvalue weighted by molar-refractivity contribution is 7.99. The number of hydrogen-bond donors (Lipinski definition) is 1. The van der Waals surface area contributed by atoms with Gasteiger partial charge in [-0.15, -0.1) is 11.8 Å². The van der Waals surface area contributed by atoms with Gasteiger partial charge < -0.3 is 5.73 Å². The second-order valence-corrected chi connectivity index (χ2v) is 4.71. The lowest BCUT2D eigenvalue weighted by atomic mass is 9.87. The maximum Gasteiger partial charge on any atom is 0.0452 e. The standard InChI is InChI=1S/C11H15NS/c12-10-6-1-2-7-11(10)13-8-9-4-3-5-9/h1-2,6-7,9H,3-5,8,12H2. The van der Waals surface area contributed by atoms with Gasteiger partial charge in [0.2, 0.25) is 0 Å². The van der Waals surface area contributed by atoms with Crippen LogP contribution in [0, 0.1) is 5.92 Å². The molecule has 0 saturated heterocycles. The minimum atomic E-state index is 0.923. The fourth-order valence-electron chi connectivity index (χ4n) is 1.48. The quantitative estimate of drug-likeness (QED) is 0.589. The first-order valence-corrected chi connectivity index (χ1v) is 5.82. The van der Waals surface area contributed by atoms with Crippen LogP contribution in [0.1, 0.15) is 19.3 Å². The zero-order chi connectivity index (χ0) is 9.10. The largest absolute Gasteiger partial charge is 0.398 e. The van der Waals surface area contributed by atoms with E-state index in [1.54, 1.807) is 0 Å². The van der Waals surface area contributed by atoms with E-state index in [9.17, 15) is 0 Å². The van der Waals surface area contributed by atoms with Crippen LogP contribution in [0.5, 0.6) is 0 Å². The first kappa shape index (κ1) is 8.95. The molecule has 2 heteroatoms. The monoisotopic (exact) mass is 193 g/mol. The summed E-state index contributed by atoms with van der Waals surface area (Å²) in [5.41, 5.74) is 6.77. The predicted octanol–water partition coefficient (Wildman–Crippen LogP) is 3.16. The molecular formula is C11H15NS. The van der Waals surface area contributed by atoms with Crippen LogP contribution in [-0.4, -0.2) is 5.75 Å². The lowest BCUT2D eigenvalue weighted by molar-refractivity contribution is 0.353. The van der Waals surface area contributed by atoms with Crippen LogP contribution < -0.4 is 5.73 Å². The van der Waals surface area contributed by atoms with Gasteiger partial charge in [-0.2, -0.15) is 0 Å². The summed E-state index contributed by atoms with van der Waals surface area (Å²) in [5.74, 6) is 2.19. The van der Waals surface area contributed by atoms with Crippen molar-refractivity contribution in [3.8, 4) is 0 Å². The van der Waals surface area contributed by atoms with Crippen molar-refractivity contribution in [1.82, 2.24) is 0 Å². The summed E-state index contributed by atoms with van der Waals surface area (Å²) in [6, 6.07) is 8.13. The van der Waals surface area contributed by atoms with Crippen molar-refractivity contribution in [2.45, 2.75) is 24.2 Å². The van der Waals surface area contributed by atoms with Gasteiger partial charge in [0.15, 0.2) is 0 Å². The molecule has 1 aromatic rings. The highest BCUT2D eigenvalue weighted by atomic mass is 32.2. The van der Waals surface area contributed by atoms with Crippen molar-refractivity contribution in [3.63, 3.8) is 0 Å². The topological polar surface area (TPSA) is 26.0 Å². The minimum absolute atomic E-state index is 0.923. The number of hydrogen-bond acceptors (Lipinski definition) is 2. The highest BCUT2D eigenvalue weighted by Gasteiger charge is 2.17. The highest BCUT2D eigenvalue weighted by Crippen LogP contribution is 2.34. The lowest BCUT2D eigenvalue weighted by Gasteiger charge is -2.24. The van der Waals surface area contributed by atoms with Crippen LogP contribution in [0.4, 0.5) is 5.69 Å². The van der Waals surface area contributed by atoms with Gasteiger partial charge in [-0.25, -0.2) is 0 Å². The Kier molecular flexibility index (Phi) is 2.79. The van der Waals surface area contributed by atoms with Gasteiger partial charge in [-0.05, 0) is 30.9 Å². The Hall–Kier alpha value is -0.630. The molecule has 0 unspecified atom stereocenters. The van der Waals surface area contributed by atoms with Gasteiger partial charge in [0.05, 0.1) is 0 Å². The number of nitrogens with two attached hydrogens (primary N) is 1. The van der Waals surface area contributed by atoms with E-state index >= 15 is 0 Å². The molecule has 0 aliphatic heterocycles. The number of rotatable bonds is 3. The van der Waals surface area contributed by atoms with Crippen LogP contribution in [0.15, 0.2) is 29.2 Å². The third-order valence-electron chi connectivity index (χ3n) is 2.62. The van der Waals surface area contributed by atoms with Gasteiger partial charge in [0.1, 0.15) is 0 Å². The Morgan fingerprint density at radius 1 is 1.31 bits per heavy atom. The third-order valence-corrected chi connectivity index (χ3v) is 3.94. The summed E-state index contributed by atoms with van der Waals surface area (Å²) < 4.78 is 0. The Balaban J connectivity index is 1.89. The smallest absolute Gasteiger partial charge is 0.0452 e. The molecule has 0 radical (unpaired) electrons. The van der Waals surface area contributed by atoms with Crippen molar-refractivity contribution >= 4 is 17.4 Å². The molecule has 1 fully saturated rings. The molecule has 0 amide bonds. The summed E-state index contributed by atoms with van der Waals surface area (Å²) >= 11 is 1.91. The molecule has 1 aliphatic carbocycles. The van der Waals surface area contributed by atoms with Crippen LogP contribution in [0.3, 0.4) is 0 Å². The summed E-state index contributed by atoms with van der Waals surface area (Å²) in [6.45, 7) is 0. The number of nitrogen functional groups attached to an aromatic ring is 1. The average molecular weight is 193 g/mol. The van der Waals surface area contributed by atoms with E-state index in [0.717, 1.165) is 11.6 Å². The Morgan fingerprint density at radius 2 is 2.08 bits per heavy atom. The molecule has 1 saturated carbocycles. The summed E-state index contributed by atoms with van der Waals surface area (Å²) in [6.07, 6.45) is 4.26. The minimum Gasteiger partial charge on any atom is -0.398 e. The Morgan fingerprint density at radius 3 is 2.69 bits per heavy atom. The maximum absolute atomic E-state index is 5.85. The normalized spacial score (nSPS) is 16.9. The van der Waals surface area contributed by atoms with Gasteiger partial charge in [0, 0.05) is 16.3 Å². The zero-order valence-electron chi connectivity index (χ0n) is 7.70. The summed E-state index contributed by atoms with van der Waals surface area (Å²) in [5, 5.41) is 0. The van der Waals surface area contributed by atoms with Crippen LogP contribution in [-0.2, 0) is 0 Å². The summed E-state index contributed by atoms with van der Waals surface area (Å²) in [7, 11) is 0. The first-order chi connectivity index (χ1) is 6.36. The predicted molar refractivity (Wildman–Crippen MR) is 58.9 cm³/mol. The van der Waals surface area contributed by atoms with Crippen molar-refractivity contribution in [2.24, 2.45) is 5.92 Å². The molecule has 70 valence electrons. The van der Waals surface area contributed by atoms with Crippen molar-refractivity contribution < 1.29 is 0 Å². The number of para-hydroxylation sites is 1. The number of thioether (sulfide) groups is 1. The van der Waals surface area contributed by atoms with Gasteiger partial charge >= 0.3 is 0 Å². The lowest BCUT2D eigenvalue weighted by Crippen LogP contribution is -2.13. The number of anilines is 1. The maximum atomic E-state index is 5.85. The van der Waals surface area contributed by atoms with E-state index in [1.807, 2.05) is 23.9 Å². The molecule has 13 heavy (non-hydrogen) atoms.